The molecule has 4 aromatic rings. The van der Waals surface area contributed by atoms with Crippen LogP contribution in [0, 0.1) is 0 Å². The van der Waals surface area contributed by atoms with Gasteiger partial charge in [0, 0.05) is 11.4 Å². The molecule has 5 rings (SSSR count). The molecular formula is C29H23N. The molecule has 0 fully saturated rings. The summed E-state index contributed by atoms with van der Waals surface area (Å²) in [5, 5.41) is 3.38. The molecule has 0 saturated heterocycles. The van der Waals surface area contributed by atoms with Gasteiger partial charge in [-0.25, -0.2) is 0 Å². The molecule has 0 radical (unpaired) electrons. The van der Waals surface area contributed by atoms with Gasteiger partial charge >= 0.3 is 0 Å². The summed E-state index contributed by atoms with van der Waals surface area (Å²) in [6.07, 6.45) is 1.74. The van der Waals surface area contributed by atoms with Crippen molar-refractivity contribution in [1.29, 1.82) is 0 Å². The van der Waals surface area contributed by atoms with Crippen molar-refractivity contribution in [3.63, 3.8) is 0 Å². The van der Waals surface area contributed by atoms with Crippen molar-refractivity contribution in [2.24, 2.45) is 0 Å². The van der Waals surface area contributed by atoms with Crippen LogP contribution >= 0.6 is 0 Å². The van der Waals surface area contributed by atoms with Crippen molar-refractivity contribution in [2.75, 3.05) is 5.32 Å². The van der Waals surface area contributed by atoms with Gasteiger partial charge in [0.25, 0.3) is 0 Å². The third kappa shape index (κ3) is 2.63. The Bertz CT molecular complexity index is 1200. The van der Waals surface area contributed by atoms with Crippen LogP contribution in [0.2, 0.25) is 0 Å². The highest BCUT2D eigenvalue weighted by Gasteiger charge is 2.45. The summed E-state index contributed by atoms with van der Waals surface area (Å²) in [5.74, 6) is 0. The van der Waals surface area contributed by atoms with E-state index in [-0.39, 0.29) is 5.41 Å². The molecule has 0 aliphatic heterocycles. The second kappa shape index (κ2) is 7.20. The number of hydrogen-bond donors (Lipinski definition) is 1. The molecule has 0 saturated carbocycles. The van der Waals surface area contributed by atoms with E-state index in [1.807, 2.05) is 0 Å². The molecule has 30 heavy (non-hydrogen) atoms. The summed E-state index contributed by atoms with van der Waals surface area (Å²) in [6.45, 7) is 7.85. The SMILES string of the molecule is C=CC(=C)Nc1ccc2c(c1)C(c1ccccc1)(c1ccccc1)c1ccccc1-2. The quantitative estimate of drug-likeness (QED) is 0.316. The molecular weight excluding hydrogens is 362 g/mol. The molecule has 1 nitrogen and oxygen atoms in total. The average molecular weight is 386 g/mol. The molecule has 1 N–H and O–H groups in total. The number of hydrogen-bond acceptors (Lipinski definition) is 1. The standard InChI is InChI=1S/C29H23N/c1-3-21(2)30-24-18-19-26-25-16-10-11-17-27(25)29(28(26)20-24,22-12-6-4-7-13-22)23-14-8-5-9-15-23/h3-20,30H,1-2H2. The number of benzene rings is 4. The highest BCUT2D eigenvalue weighted by atomic mass is 14.9. The average Bonchev–Trinajstić information content (AvgIpc) is 3.11. The molecule has 0 bridgehead atoms. The van der Waals surface area contributed by atoms with E-state index >= 15 is 0 Å². The number of allylic oxidation sites excluding steroid dienone is 1. The largest absolute Gasteiger partial charge is 0.356 e. The van der Waals surface area contributed by atoms with Crippen molar-refractivity contribution in [3.8, 4) is 11.1 Å². The van der Waals surface area contributed by atoms with Crippen molar-refractivity contribution < 1.29 is 0 Å². The van der Waals surface area contributed by atoms with Crippen LogP contribution in [0.25, 0.3) is 11.1 Å². The highest BCUT2D eigenvalue weighted by molar-refractivity contribution is 5.87. The van der Waals surface area contributed by atoms with Crippen LogP contribution in [0.3, 0.4) is 0 Å². The normalized spacial score (nSPS) is 13.2. The molecule has 0 amide bonds. The topological polar surface area (TPSA) is 12.0 Å². The van der Waals surface area contributed by atoms with Crippen molar-refractivity contribution in [2.45, 2.75) is 5.41 Å². The van der Waals surface area contributed by atoms with E-state index in [2.05, 4.69) is 122 Å². The lowest BCUT2D eigenvalue weighted by molar-refractivity contribution is 0.769. The fourth-order valence-electron chi connectivity index (χ4n) is 4.76. The van der Waals surface area contributed by atoms with Gasteiger partial charge in [0.15, 0.2) is 0 Å². The lowest BCUT2D eigenvalue weighted by Gasteiger charge is -2.34. The van der Waals surface area contributed by atoms with Crippen LogP contribution in [0.5, 0.6) is 0 Å². The Morgan fingerprint density at radius 2 is 1.23 bits per heavy atom. The summed E-state index contributed by atoms with van der Waals surface area (Å²) in [4.78, 5) is 0. The first-order chi connectivity index (χ1) is 14.7. The predicted molar refractivity (Wildman–Crippen MR) is 127 cm³/mol. The smallest absolute Gasteiger partial charge is 0.0714 e. The Balaban J connectivity index is 1.88. The van der Waals surface area contributed by atoms with Crippen molar-refractivity contribution >= 4 is 5.69 Å². The molecule has 0 unspecified atom stereocenters. The minimum Gasteiger partial charge on any atom is -0.356 e. The van der Waals surface area contributed by atoms with E-state index in [4.69, 9.17) is 0 Å². The van der Waals surface area contributed by atoms with Gasteiger partial charge in [-0.15, -0.1) is 0 Å². The van der Waals surface area contributed by atoms with Crippen molar-refractivity contribution in [3.05, 3.63) is 150 Å². The zero-order chi connectivity index (χ0) is 20.6. The second-order valence-electron chi connectivity index (χ2n) is 7.64. The van der Waals surface area contributed by atoms with Gasteiger partial charge in [-0.1, -0.05) is 104 Å². The van der Waals surface area contributed by atoms with E-state index in [1.54, 1.807) is 6.08 Å². The Hall–Kier alpha value is -3.84. The molecule has 0 aromatic heterocycles. The van der Waals surface area contributed by atoms with E-state index in [1.165, 1.54) is 33.4 Å². The third-order valence-corrected chi connectivity index (χ3v) is 6.01. The van der Waals surface area contributed by atoms with E-state index in [9.17, 15) is 0 Å². The lowest BCUT2D eigenvalue weighted by Crippen LogP contribution is -2.28. The molecule has 1 aliphatic rings. The minimum absolute atomic E-state index is 0.373. The number of nitrogens with one attached hydrogen (secondary N) is 1. The summed E-state index contributed by atoms with van der Waals surface area (Å²) in [5.41, 5.74) is 9.12. The maximum Gasteiger partial charge on any atom is 0.0714 e. The van der Waals surface area contributed by atoms with Gasteiger partial charge in [0.1, 0.15) is 0 Å². The Labute approximate surface area is 178 Å². The van der Waals surface area contributed by atoms with Crippen LogP contribution in [0.15, 0.2) is 128 Å². The maximum atomic E-state index is 4.03. The third-order valence-electron chi connectivity index (χ3n) is 6.01. The summed E-state index contributed by atoms with van der Waals surface area (Å²) in [6, 6.07) is 37.0. The zero-order valence-electron chi connectivity index (χ0n) is 16.8. The fourth-order valence-corrected chi connectivity index (χ4v) is 4.76. The number of rotatable bonds is 5. The van der Waals surface area contributed by atoms with Gasteiger partial charge in [-0.2, -0.15) is 0 Å². The first-order valence-corrected chi connectivity index (χ1v) is 10.2. The summed E-state index contributed by atoms with van der Waals surface area (Å²) < 4.78 is 0. The van der Waals surface area contributed by atoms with Crippen LogP contribution < -0.4 is 5.32 Å². The van der Waals surface area contributed by atoms with E-state index < -0.39 is 0 Å². The summed E-state index contributed by atoms with van der Waals surface area (Å²) >= 11 is 0. The fraction of sp³-hybridized carbons (Fsp3) is 0.0345. The highest BCUT2D eigenvalue weighted by Crippen LogP contribution is 2.56. The monoisotopic (exact) mass is 385 g/mol. The molecule has 0 atom stereocenters. The van der Waals surface area contributed by atoms with E-state index in [0.29, 0.717) is 0 Å². The van der Waals surface area contributed by atoms with Gasteiger partial charge in [0.2, 0.25) is 0 Å². The van der Waals surface area contributed by atoms with Gasteiger partial charge in [0.05, 0.1) is 5.41 Å². The molecule has 1 heteroatoms. The van der Waals surface area contributed by atoms with E-state index in [0.717, 1.165) is 11.4 Å². The number of anilines is 1. The molecule has 1 aliphatic carbocycles. The first-order valence-electron chi connectivity index (χ1n) is 10.2. The molecule has 4 aromatic carbocycles. The lowest BCUT2D eigenvalue weighted by atomic mass is 9.67. The zero-order valence-corrected chi connectivity index (χ0v) is 16.8. The Morgan fingerprint density at radius 3 is 1.87 bits per heavy atom. The Morgan fingerprint density at radius 1 is 0.667 bits per heavy atom. The number of fused-ring (bicyclic) bond motifs is 3. The van der Waals surface area contributed by atoms with Crippen LogP contribution in [0.4, 0.5) is 5.69 Å². The van der Waals surface area contributed by atoms with Gasteiger partial charge in [-0.05, 0) is 51.6 Å². The second-order valence-corrected chi connectivity index (χ2v) is 7.64. The maximum absolute atomic E-state index is 4.03. The van der Waals surface area contributed by atoms with Crippen molar-refractivity contribution in [1.82, 2.24) is 0 Å². The van der Waals surface area contributed by atoms with Crippen LogP contribution in [0.1, 0.15) is 22.3 Å². The molecule has 0 spiro atoms. The molecule has 144 valence electrons. The Kier molecular flexibility index (Phi) is 4.37. The van der Waals surface area contributed by atoms with Crippen LogP contribution in [-0.4, -0.2) is 0 Å². The van der Waals surface area contributed by atoms with Crippen LogP contribution in [-0.2, 0) is 5.41 Å². The minimum atomic E-state index is -0.373. The first kappa shape index (κ1) is 18.2. The predicted octanol–water partition coefficient (Wildman–Crippen LogP) is 7.16. The van der Waals surface area contributed by atoms with Gasteiger partial charge in [-0.3, -0.25) is 0 Å². The molecule has 0 heterocycles. The summed E-state index contributed by atoms with van der Waals surface area (Å²) in [7, 11) is 0. The van der Waals surface area contributed by atoms with Gasteiger partial charge < -0.3 is 5.32 Å².